The Labute approximate surface area is 184 Å². The maximum atomic E-state index is 12.5. The normalized spacial score (nSPS) is 11.2. The smallest absolute Gasteiger partial charge is 0.548 e. The molecule has 0 rings (SSSR count). The summed E-state index contributed by atoms with van der Waals surface area (Å²) >= 11 is 0. The van der Waals surface area contributed by atoms with Crippen molar-refractivity contribution in [1.29, 1.82) is 0 Å². The number of rotatable bonds is 14. The van der Waals surface area contributed by atoms with E-state index in [4.69, 9.17) is 0 Å². The Hall–Kier alpha value is -0.920. The Bertz CT molecular complexity index is 445. The molecule has 0 bridgehead atoms. The summed E-state index contributed by atoms with van der Waals surface area (Å²) in [5, 5.41) is 11.5. The molecule has 27 heavy (non-hydrogen) atoms. The SMILES string of the molecule is CCCCCCC(=O)N(C(=O)CCCCCC)C(CC(=O)OC)C(=O)[O-].[Na+]. The van der Waals surface area contributed by atoms with Crippen LogP contribution < -0.4 is 34.7 Å². The van der Waals surface area contributed by atoms with Crippen LogP contribution in [0.3, 0.4) is 0 Å². The molecule has 7 nitrogen and oxygen atoms in total. The van der Waals surface area contributed by atoms with Crippen LogP contribution in [0.2, 0.25) is 0 Å². The van der Waals surface area contributed by atoms with Gasteiger partial charge in [-0.25, -0.2) is 0 Å². The Morgan fingerprint density at radius 3 is 1.63 bits per heavy atom. The molecule has 0 spiro atoms. The molecule has 0 aromatic rings. The van der Waals surface area contributed by atoms with E-state index >= 15 is 0 Å². The molecule has 0 N–H and O–H groups in total. The zero-order valence-corrected chi connectivity index (χ0v) is 19.3. The average Bonchev–Trinajstić information content (AvgIpc) is 2.61. The topological polar surface area (TPSA) is 104 Å². The maximum absolute atomic E-state index is 12.5. The minimum absolute atomic E-state index is 0. The molecule has 0 saturated heterocycles. The molecule has 1 unspecified atom stereocenters. The molecule has 150 valence electrons. The number of carbonyl (C=O) groups is 4. The standard InChI is InChI=1S/C19H33NO6.Na/c1-4-6-8-10-12-16(21)20(17(22)13-11-9-7-5-2)15(19(24)25)14-18(23)26-3;/h15H,4-14H2,1-3H3,(H,24,25);/q;+1/p-1. The van der Waals surface area contributed by atoms with Gasteiger partial charge in [-0.1, -0.05) is 52.4 Å². The summed E-state index contributed by atoms with van der Waals surface area (Å²) in [6.45, 7) is 4.08. The molecule has 0 heterocycles. The molecule has 0 aliphatic heterocycles. The molecule has 0 fully saturated rings. The quantitative estimate of drug-likeness (QED) is 0.212. The Balaban J connectivity index is 0. The first kappa shape index (κ1) is 28.3. The van der Waals surface area contributed by atoms with Crippen LogP contribution in [0.5, 0.6) is 0 Å². The van der Waals surface area contributed by atoms with Gasteiger partial charge in [0.05, 0.1) is 25.5 Å². The molecule has 0 aromatic carbocycles. The van der Waals surface area contributed by atoms with Gasteiger partial charge in [0.1, 0.15) is 0 Å². The number of aliphatic carboxylic acids is 1. The van der Waals surface area contributed by atoms with Gasteiger partial charge in [-0.2, -0.15) is 0 Å². The van der Waals surface area contributed by atoms with Gasteiger partial charge in [-0.05, 0) is 12.8 Å². The number of nitrogens with zero attached hydrogens (tertiary/aromatic N) is 1. The first-order valence-corrected chi connectivity index (χ1v) is 9.51. The first-order valence-electron chi connectivity index (χ1n) is 9.51. The van der Waals surface area contributed by atoms with Crippen molar-refractivity contribution in [2.45, 2.75) is 90.5 Å². The van der Waals surface area contributed by atoms with Crippen LogP contribution in [0.15, 0.2) is 0 Å². The number of carboxylic acid groups (broad SMARTS) is 1. The fourth-order valence-corrected chi connectivity index (χ4v) is 2.65. The molecule has 8 heteroatoms. The van der Waals surface area contributed by atoms with E-state index in [0.717, 1.165) is 45.6 Å². The monoisotopic (exact) mass is 393 g/mol. The van der Waals surface area contributed by atoms with Crippen molar-refractivity contribution in [2.75, 3.05) is 7.11 Å². The number of esters is 1. The van der Waals surface area contributed by atoms with Gasteiger partial charge >= 0.3 is 35.5 Å². The molecule has 0 aliphatic carbocycles. The summed E-state index contributed by atoms with van der Waals surface area (Å²) in [5.74, 6) is -3.57. The summed E-state index contributed by atoms with van der Waals surface area (Å²) in [6.07, 6.45) is 6.28. The zero-order chi connectivity index (χ0) is 19.9. The largest absolute Gasteiger partial charge is 1.00 e. The van der Waals surface area contributed by atoms with E-state index < -0.39 is 36.2 Å². The summed E-state index contributed by atoms with van der Waals surface area (Å²) in [5.41, 5.74) is 0. The number of ether oxygens (including phenoxy) is 1. The second-order valence-electron chi connectivity index (χ2n) is 6.39. The fraction of sp³-hybridized carbons (Fsp3) is 0.789. The van der Waals surface area contributed by atoms with Crippen LogP contribution in [0.1, 0.15) is 84.5 Å². The number of imide groups is 1. The van der Waals surface area contributed by atoms with Gasteiger partial charge in [-0.15, -0.1) is 0 Å². The number of hydrogen-bond acceptors (Lipinski definition) is 6. The van der Waals surface area contributed by atoms with Crippen LogP contribution in [-0.2, 0) is 23.9 Å². The minimum Gasteiger partial charge on any atom is -0.548 e. The van der Waals surface area contributed by atoms with Crippen molar-refractivity contribution in [3.63, 3.8) is 0 Å². The second-order valence-corrected chi connectivity index (χ2v) is 6.39. The van der Waals surface area contributed by atoms with Crippen LogP contribution in [-0.4, -0.2) is 41.8 Å². The Morgan fingerprint density at radius 1 is 0.852 bits per heavy atom. The molecule has 1 atom stereocenters. The van der Waals surface area contributed by atoms with Crippen molar-refractivity contribution in [3.05, 3.63) is 0 Å². The molecule has 0 aliphatic rings. The predicted octanol–water partition coefficient (Wildman–Crippen LogP) is -1.03. The van der Waals surface area contributed by atoms with Crippen LogP contribution >= 0.6 is 0 Å². The van der Waals surface area contributed by atoms with Crippen molar-refractivity contribution in [3.8, 4) is 0 Å². The van der Waals surface area contributed by atoms with Crippen molar-refractivity contribution < 1.29 is 58.6 Å². The van der Waals surface area contributed by atoms with Crippen molar-refractivity contribution in [1.82, 2.24) is 4.90 Å². The minimum atomic E-state index is -1.63. The van der Waals surface area contributed by atoms with Crippen LogP contribution in [0.25, 0.3) is 0 Å². The van der Waals surface area contributed by atoms with E-state index in [9.17, 15) is 24.3 Å². The summed E-state index contributed by atoms with van der Waals surface area (Å²) < 4.78 is 4.49. The molecular weight excluding hydrogens is 361 g/mol. The summed E-state index contributed by atoms with van der Waals surface area (Å²) in [7, 11) is 1.12. The van der Waals surface area contributed by atoms with E-state index in [1.54, 1.807) is 0 Å². The number of methoxy groups -OCH3 is 1. The first-order chi connectivity index (χ1) is 12.4. The predicted molar refractivity (Wildman–Crippen MR) is 94.8 cm³/mol. The molecular formula is C19H32NNaO6. The molecule has 0 aromatic heterocycles. The van der Waals surface area contributed by atoms with E-state index in [1.165, 1.54) is 0 Å². The number of hydrogen-bond donors (Lipinski definition) is 0. The van der Waals surface area contributed by atoms with E-state index in [-0.39, 0.29) is 42.4 Å². The third kappa shape index (κ3) is 12.2. The molecule has 2 amide bonds. The number of carboxylic acids is 1. The molecule has 0 saturated carbocycles. The number of unbranched alkanes of at least 4 members (excludes halogenated alkanes) is 6. The van der Waals surface area contributed by atoms with E-state index in [1.807, 2.05) is 13.8 Å². The number of carbonyl (C=O) groups excluding carboxylic acids is 4. The van der Waals surface area contributed by atoms with E-state index in [2.05, 4.69) is 4.74 Å². The second kappa shape index (κ2) is 17.2. The van der Waals surface area contributed by atoms with E-state index in [0.29, 0.717) is 17.7 Å². The Kier molecular flexibility index (Phi) is 18.0. The third-order valence-corrected chi connectivity index (χ3v) is 4.20. The number of amides is 2. The van der Waals surface area contributed by atoms with Gasteiger partial charge < -0.3 is 14.6 Å². The maximum Gasteiger partial charge on any atom is 1.00 e. The van der Waals surface area contributed by atoms with Gasteiger partial charge in [-0.3, -0.25) is 19.3 Å². The summed E-state index contributed by atoms with van der Waals surface area (Å²) in [4.78, 5) is 48.7. The summed E-state index contributed by atoms with van der Waals surface area (Å²) in [6, 6.07) is -1.63. The van der Waals surface area contributed by atoms with Crippen LogP contribution in [0.4, 0.5) is 0 Å². The van der Waals surface area contributed by atoms with Crippen LogP contribution in [0, 0.1) is 0 Å². The van der Waals surface area contributed by atoms with Crippen molar-refractivity contribution in [2.24, 2.45) is 0 Å². The fourth-order valence-electron chi connectivity index (χ4n) is 2.65. The Morgan fingerprint density at radius 2 is 1.30 bits per heavy atom. The van der Waals surface area contributed by atoms with Gasteiger partial charge in [0.2, 0.25) is 11.8 Å². The van der Waals surface area contributed by atoms with Crippen molar-refractivity contribution >= 4 is 23.8 Å². The van der Waals surface area contributed by atoms with Gasteiger partial charge in [0.15, 0.2) is 0 Å². The molecule has 0 radical (unpaired) electrons. The average molecular weight is 393 g/mol. The zero-order valence-electron chi connectivity index (χ0n) is 17.3. The van der Waals surface area contributed by atoms with Gasteiger partial charge in [0.25, 0.3) is 0 Å². The third-order valence-electron chi connectivity index (χ3n) is 4.20. The van der Waals surface area contributed by atoms with Gasteiger partial charge in [0, 0.05) is 12.8 Å².